The second kappa shape index (κ2) is 7.05. The quantitative estimate of drug-likeness (QED) is 0.372. The van der Waals surface area contributed by atoms with Gasteiger partial charge in [0.05, 0.1) is 11.2 Å². The highest BCUT2D eigenvalue weighted by molar-refractivity contribution is 7.86. The molecule has 0 fully saturated rings. The fraction of sp³-hybridized carbons (Fsp3) is 0.125. The van der Waals surface area contributed by atoms with E-state index in [-0.39, 0.29) is 5.69 Å². The van der Waals surface area contributed by atoms with Gasteiger partial charge in [-0.15, -0.1) is 0 Å². The van der Waals surface area contributed by atoms with E-state index in [4.69, 9.17) is 4.18 Å². The summed E-state index contributed by atoms with van der Waals surface area (Å²) in [7, 11) is -3.78. The summed E-state index contributed by atoms with van der Waals surface area (Å²) < 4.78 is 27.8. The summed E-state index contributed by atoms with van der Waals surface area (Å²) in [5, 5.41) is 10.9. The minimum atomic E-state index is -3.78. The van der Waals surface area contributed by atoms with Crippen molar-refractivity contribution in [1.29, 1.82) is 0 Å². The molecule has 0 aliphatic carbocycles. The zero-order chi connectivity index (χ0) is 16.9. The van der Waals surface area contributed by atoms with Gasteiger partial charge in [-0.1, -0.05) is 42.2 Å². The van der Waals surface area contributed by atoms with E-state index in [0.717, 1.165) is 6.26 Å². The van der Waals surface area contributed by atoms with E-state index in [1.54, 1.807) is 24.3 Å². The van der Waals surface area contributed by atoms with Gasteiger partial charge in [0.15, 0.2) is 6.10 Å². The van der Waals surface area contributed by atoms with Crippen LogP contribution in [-0.4, -0.2) is 19.6 Å². The molecule has 7 heteroatoms. The van der Waals surface area contributed by atoms with Crippen molar-refractivity contribution in [2.75, 3.05) is 6.26 Å². The van der Waals surface area contributed by atoms with Gasteiger partial charge < -0.3 is 0 Å². The van der Waals surface area contributed by atoms with Gasteiger partial charge in [-0.25, -0.2) is 4.18 Å². The van der Waals surface area contributed by atoms with E-state index in [1.807, 2.05) is 6.07 Å². The van der Waals surface area contributed by atoms with E-state index in [0.29, 0.717) is 11.1 Å². The van der Waals surface area contributed by atoms with Gasteiger partial charge in [0.25, 0.3) is 15.8 Å². The van der Waals surface area contributed by atoms with Crippen LogP contribution in [0.1, 0.15) is 17.2 Å². The molecular weight excluding hydrogens is 318 g/mol. The molecule has 2 rings (SSSR count). The van der Waals surface area contributed by atoms with Gasteiger partial charge in [0, 0.05) is 23.3 Å². The van der Waals surface area contributed by atoms with Crippen LogP contribution < -0.4 is 0 Å². The van der Waals surface area contributed by atoms with E-state index in [9.17, 15) is 18.5 Å². The maximum absolute atomic E-state index is 11.4. The van der Waals surface area contributed by atoms with Gasteiger partial charge in [-0.05, 0) is 12.1 Å². The number of non-ortho nitro benzene ring substituents is 1. The predicted molar refractivity (Wildman–Crippen MR) is 85.1 cm³/mol. The zero-order valence-electron chi connectivity index (χ0n) is 12.2. The van der Waals surface area contributed by atoms with Crippen LogP contribution in [0.3, 0.4) is 0 Å². The second-order valence-electron chi connectivity index (χ2n) is 4.67. The van der Waals surface area contributed by atoms with Crippen molar-refractivity contribution in [3.8, 4) is 11.8 Å². The second-order valence-corrected chi connectivity index (χ2v) is 6.27. The van der Waals surface area contributed by atoms with Gasteiger partial charge >= 0.3 is 0 Å². The molecule has 2 aromatic carbocycles. The topological polar surface area (TPSA) is 86.5 Å². The molecule has 0 aliphatic heterocycles. The minimum Gasteiger partial charge on any atom is -0.258 e. The molecule has 0 saturated heterocycles. The Hall–Kier alpha value is -2.69. The fourth-order valence-electron chi connectivity index (χ4n) is 1.81. The highest BCUT2D eigenvalue weighted by atomic mass is 32.2. The van der Waals surface area contributed by atoms with Gasteiger partial charge in [-0.2, -0.15) is 8.42 Å². The number of rotatable bonds is 4. The Labute approximate surface area is 134 Å². The third-order valence-corrected chi connectivity index (χ3v) is 3.32. The van der Waals surface area contributed by atoms with Crippen LogP contribution in [0, 0.1) is 22.0 Å². The van der Waals surface area contributed by atoms with Crippen molar-refractivity contribution in [3.05, 3.63) is 75.8 Å². The average molecular weight is 331 g/mol. The molecule has 1 unspecified atom stereocenters. The molecule has 1 atom stereocenters. The molecular formula is C16H13NO5S. The van der Waals surface area contributed by atoms with Crippen molar-refractivity contribution >= 4 is 15.8 Å². The molecule has 2 aromatic rings. The van der Waals surface area contributed by atoms with Crippen LogP contribution in [0.2, 0.25) is 0 Å². The Morgan fingerprint density at radius 3 is 2.43 bits per heavy atom. The Morgan fingerprint density at radius 2 is 1.83 bits per heavy atom. The Morgan fingerprint density at radius 1 is 1.13 bits per heavy atom. The first-order valence-electron chi connectivity index (χ1n) is 6.54. The Balaban J connectivity index is 2.41. The summed E-state index contributed by atoms with van der Waals surface area (Å²) in [6.45, 7) is 0. The molecule has 0 heterocycles. The SMILES string of the molecule is CS(=O)(=O)OC(C#Cc1ccccc1)c1cccc([N+](=O)[O-])c1. The normalized spacial score (nSPS) is 12.0. The standard InChI is InChI=1S/C16H13NO5S/c1-23(20,21)22-16(11-10-13-6-3-2-4-7-13)14-8-5-9-15(12-14)17(18)19/h2-9,12,16H,1H3. The third-order valence-electron chi connectivity index (χ3n) is 2.78. The summed E-state index contributed by atoms with van der Waals surface area (Å²) >= 11 is 0. The molecule has 0 N–H and O–H groups in total. The maximum Gasteiger partial charge on any atom is 0.269 e. The average Bonchev–Trinajstić information content (AvgIpc) is 2.51. The number of nitrogens with zero attached hydrogens (tertiary/aromatic N) is 1. The summed E-state index contributed by atoms with van der Waals surface area (Å²) in [5.74, 6) is 5.51. The first-order chi connectivity index (χ1) is 10.8. The molecule has 0 amide bonds. The lowest BCUT2D eigenvalue weighted by molar-refractivity contribution is -0.385. The molecule has 0 aliphatic rings. The number of benzene rings is 2. The monoisotopic (exact) mass is 331 g/mol. The van der Waals surface area contributed by atoms with Crippen LogP contribution >= 0.6 is 0 Å². The lowest BCUT2D eigenvalue weighted by Gasteiger charge is -2.10. The van der Waals surface area contributed by atoms with Crippen molar-refractivity contribution in [1.82, 2.24) is 0 Å². The molecule has 118 valence electrons. The maximum atomic E-state index is 11.4. The van der Waals surface area contributed by atoms with E-state index in [1.165, 1.54) is 24.3 Å². The van der Waals surface area contributed by atoms with Gasteiger partial charge in [0.1, 0.15) is 0 Å². The molecule has 23 heavy (non-hydrogen) atoms. The third kappa shape index (κ3) is 5.21. The molecule has 0 bridgehead atoms. The van der Waals surface area contributed by atoms with Crippen molar-refractivity contribution < 1.29 is 17.5 Å². The van der Waals surface area contributed by atoms with Crippen LogP contribution in [0.5, 0.6) is 0 Å². The molecule has 0 aromatic heterocycles. The van der Waals surface area contributed by atoms with Crippen molar-refractivity contribution in [2.24, 2.45) is 0 Å². The van der Waals surface area contributed by atoms with Crippen molar-refractivity contribution in [2.45, 2.75) is 6.10 Å². The van der Waals surface area contributed by atoms with Gasteiger partial charge in [0.2, 0.25) is 0 Å². The molecule has 0 spiro atoms. The first-order valence-corrected chi connectivity index (χ1v) is 8.36. The lowest BCUT2D eigenvalue weighted by Crippen LogP contribution is -2.09. The summed E-state index contributed by atoms with van der Waals surface area (Å²) in [6.07, 6.45) is -0.216. The lowest BCUT2D eigenvalue weighted by atomic mass is 10.1. The Kier molecular flexibility index (Phi) is 5.11. The first kappa shape index (κ1) is 16.7. The highest BCUT2D eigenvalue weighted by Gasteiger charge is 2.18. The summed E-state index contributed by atoms with van der Waals surface area (Å²) in [6, 6.07) is 14.5. The fourth-order valence-corrected chi connectivity index (χ4v) is 2.32. The summed E-state index contributed by atoms with van der Waals surface area (Å²) in [4.78, 5) is 10.3. The van der Waals surface area contributed by atoms with E-state index in [2.05, 4.69) is 11.8 Å². The highest BCUT2D eigenvalue weighted by Crippen LogP contribution is 2.23. The smallest absolute Gasteiger partial charge is 0.258 e. The Bertz CT molecular complexity index is 866. The summed E-state index contributed by atoms with van der Waals surface area (Å²) in [5.41, 5.74) is 0.819. The van der Waals surface area contributed by atoms with E-state index >= 15 is 0 Å². The molecule has 6 nitrogen and oxygen atoms in total. The number of hydrogen-bond donors (Lipinski definition) is 0. The number of nitro benzene ring substituents is 1. The van der Waals surface area contributed by atoms with Crippen LogP contribution in [0.15, 0.2) is 54.6 Å². The predicted octanol–water partition coefficient (Wildman–Crippen LogP) is 2.66. The van der Waals surface area contributed by atoms with Crippen LogP contribution in [0.4, 0.5) is 5.69 Å². The van der Waals surface area contributed by atoms with Crippen LogP contribution in [0.25, 0.3) is 0 Å². The number of hydrogen-bond acceptors (Lipinski definition) is 5. The van der Waals surface area contributed by atoms with Crippen molar-refractivity contribution in [3.63, 3.8) is 0 Å². The van der Waals surface area contributed by atoms with Crippen LogP contribution in [-0.2, 0) is 14.3 Å². The number of nitro groups is 1. The van der Waals surface area contributed by atoms with E-state index < -0.39 is 21.1 Å². The van der Waals surface area contributed by atoms with Gasteiger partial charge in [-0.3, -0.25) is 10.1 Å². The largest absolute Gasteiger partial charge is 0.269 e. The molecule has 0 radical (unpaired) electrons. The minimum absolute atomic E-state index is 0.161. The zero-order valence-corrected chi connectivity index (χ0v) is 13.0. The molecule has 0 saturated carbocycles.